The van der Waals surface area contributed by atoms with E-state index < -0.39 is 0 Å². The van der Waals surface area contributed by atoms with E-state index in [4.69, 9.17) is 10.6 Å². The molecule has 1 aromatic rings. The molecule has 21 heavy (non-hydrogen) atoms. The molecule has 1 aliphatic heterocycles. The van der Waals surface area contributed by atoms with Gasteiger partial charge in [-0.2, -0.15) is 0 Å². The molecule has 5 nitrogen and oxygen atoms in total. The van der Waals surface area contributed by atoms with E-state index in [0.717, 1.165) is 17.9 Å². The summed E-state index contributed by atoms with van der Waals surface area (Å²) in [7, 11) is 0. The van der Waals surface area contributed by atoms with Crippen LogP contribution in [0.2, 0.25) is 0 Å². The predicted octanol–water partition coefficient (Wildman–Crippen LogP) is 2.17. The van der Waals surface area contributed by atoms with E-state index in [1.54, 1.807) is 0 Å². The first kappa shape index (κ1) is 15.6. The number of hydrazine groups is 1. The molecule has 1 atom stereocenters. The van der Waals surface area contributed by atoms with E-state index in [-0.39, 0.29) is 18.0 Å². The molecule has 1 heterocycles. The number of nitrogens with two attached hydrogens (primary N) is 1. The maximum absolute atomic E-state index is 11.7. The SMILES string of the molecule is CCOc1ccc2c(c1)C(C)CC(C)(C)N2CC(=O)NN. The monoisotopic (exact) mass is 291 g/mol. The Morgan fingerprint density at radius 2 is 2.24 bits per heavy atom. The average molecular weight is 291 g/mol. The van der Waals surface area contributed by atoms with Gasteiger partial charge >= 0.3 is 0 Å². The van der Waals surface area contributed by atoms with Gasteiger partial charge in [-0.25, -0.2) is 5.84 Å². The molecule has 1 aliphatic rings. The molecule has 0 aliphatic carbocycles. The summed E-state index contributed by atoms with van der Waals surface area (Å²) in [4.78, 5) is 13.9. The van der Waals surface area contributed by atoms with E-state index in [1.807, 2.05) is 19.1 Å². The number of carbonyl (C=O) groups is 1. The summed E-state index contributed by atoms with van der Waals surface area (Å²) in [5.74, 6) is 6.36. The lowest BCUT2D eigenvalue weighted by Crippen LogP contribution is -2.53. The summed E-state index contributed by atoms with van der Waals surface area (Å²) in [6.45, 7) is 9.43. The normalized spacial score (nSPS) is 19.9. The Labute approximate surface area is 126 Å². The van der Waals surface area contributed by atoms with Crippen LogP contribution >= 0.6 is 0 Å². The number of carbonyl (C=O) groups excluding carboxylic acids is 1. The van der Waals surface area contributed by atoms with Crippen LogP contribution in [-0.4, -0.2) is 24.6 Å². The maximum Gasteiger partial charge on any atom is 0.253 e. The second kappa shape index (κ2) is 5.93. The molecular weight excluding hydrogens is 266 g/mol. The van der Waals surface area contributed by atoms with Crippen LogP contribution in [0.4, 0.5) is 5.69 Å². The second-order valence-electron chi connectivity index (χ2n) is 6.22. The second-order valence-corrected chi connectivity index (χ2v) is 6.22. The third kappa shape index (κ3) is 3.13. The summed E-state index contributed by atoms with van der Waals surface area (Å²) in [6.07, 6.45) is 0.980. The minimum Gasteiger partial charge on any atom is -0.494 e. The lowest BCUT2D eigenvalue weighted by atomic mass is 9.80. The van der Waals surface area contributed by atoms with E-state index in [0.29, 0.717) is 12.5 Å². The molecule has 0 saturated carbocycles. The topological polar surface area (TPSA) is 67.6 Å². The fraction of sp³-hybridized carbons (Fsp3) is 0.562. The van der Waals surface area contributed by atoms with Crippen molar-refractivity contribution in [1.29, 1.82) is 0 Å². The standard InChI is InChI=1S/C16H25N3O2/c1-5-21-12-6-7-14-13(8-12)11(2)9-16(3,4)19(14)10-15(20)18-17/h6-8,11H,5,9-10,17H2,1-4H3,(H,18,20). The first-order valence-electron chi connectivity index (χ1n) is 7.43. The van der Waals surface area contributed by atoms with Crippen LogP contribution < -0.4 is 20.9 Å². The molecule has 0 radical (unpaired) electrons. The van der Waals surface area contributed by atoms with Crippen molar-refractivity contribution in [3.8, 4) is 5.75 Å². The Morgan fingerprint density at radius 3 is 2.86 bits per heavy atom. The fourth-order valence-corrected chi connectivity index (χ4v) is 3.21. The van der Waals surface area contributed by atoms with Gasteiger partial charge in [0, 0.05) is 11.2 Å². The highest BCUT2D eigenvalue weighted by molar-refractivity contribution is 5.82. The van der Waals surface area contributed by atoms with Gasteiger partial charge in [0.25, 0.3) is 5.91 Å². The van der Waals surface area contributed by atoms with Gasteiger partial charge in [0.2, 0.25) is 0 Å². The lowest BCUT2D eigenvalue weighted by Gasteiger charge is -2.47. The van der Waals surface area contributed by atoms with Gasteiger partial charge in [0.15, 0.2) is 0 Å². The number of hydrogen-bond acceptors (Lipinski definition) is 4. The van der Waals surface area contributed by atoms with Crippen molar-refractivity contribution >= 4 is 11.6 Å². The maximum atomic E-state index is 11.7. The zero-order valence-corrected chi connectivity index (χ0v) is 13.3. The zero-order chi connectivity index (χ0) is 15.6. The quantitative estimate of drug-likeness (QED) is 0.507. The van der Waals surface area contributed by atoms with Crippen LogP contribution in [0.15, 0.2) is 18.2 Å². The average Bonchev–Trinajstić information content (AvgIpc) is 2.43. The Morgan fingerprint density at radius 1 is 1.52 bits per heavy atom. The highest BCUT2D eigenvalue weighted by Crippen LogP contribution is 2.44. The van der Waals surface area contributed by atoms with Crippen LogP contribution in [0, 0.1) is 0 Å². The Balaban J connectivity index is 2.42. The molecule has 1 unspecified atom stereocenters. The number of ether oxygens (including phenoxy) is 1. The smallest absolute Gasteiger partial charge is 0.253 e. The fourth-order valence-electron chi connectivity index (χ4n) is 3.21. The number of rotatable bonds is 4. The third-order valence-corrected chi connectivity index (χ3v) is 4.13. The minimum atomic E-state index is -0.183. The molecule has 0 fully saturated rings. The van der Waals surface area contributed by atoms with Gasteiger partial charge in [0.1, 0.15) is 5.75 Å². The molecule has 1 amide bonds. The molecule has 0 aromatic heterocycles. The summed E-state index contributed by atoms with van der Waals surface area (Å²) in [5, 5.41) is 0. The molecule has 1 aromatic carbocycles. The van der Waals surface area contributed by atoms with Crippen LogP contribution in [-0.2, 0) is 4.79 Å². The summed E-state index contributed by atoms with van der Waals surface area (Å²) in [5.41, 5.74) is 4.44. The predicted molar refractivity (Wildman–Crippen MR) is 84.4 cm³/mol. The summed E-state index contributed by atoms with van der Waals surface area (Å²) in [6, 6.07) is 6.09. The Hall–Kier alpha value is -1.75. The van der Waals surface area contributed by atoms with Crippen molar-refractivity contribution in [2.24, 2.45) is 5.84 Å². The van der Waals surface area contributed by atoms with Crippen LogP contribution in [0.5, 0.6) is 5.75 Å². The molecule has 0 spiro atoms. The lowest BCUT2D eigenvalue weighted by molar-refractivity contribution is -0.120. The number of anilines is 1. The van der Waals surface area contributed by atoms with Crippen molar-refractivity contribution in [2.45, 2.75) is 45.6 Å². The largest absolute Gasteiger partial charge is 0.494 e. The van der Waals surface area contributed by atoms with Crippen LogP contribution in [0.3, 0.4) is 0 Å². The zero-order valence-electron chi connectivity index (χ0n) is 13.3. The van der Waals surface area contributed by atoms with Crippen molar-refractivity contribution in [1.82, 2.24) is 5.43 Å². The molecular formula is C16H25N3O2. The number of hydrogen-bond donors (Lipinski definition) is 2. The van der Waals surface area contributed by atoms with Gasteiger partial charge in [-0.15, -0.1) is 0 Å². The number of fused-ring (bicyclic) bond motifs is 1. The van der Waals surface area contributed by atoms with Gasteiger partial charge in [-0.3, -0.25) is 10.2 Å². The number of nitrogens with one attached hydrogen (secondary N) is 1. The van der Waals surface area contributed by atoms with E-state index >= 15 is 0 Å². The molecule has 0 bridgehead atoms. The minimum absolute atomic E-state index is 0.0912. The van der Waals surface area contributed by atoms with Crippen molar-refractivity contribution in [3.05, 3.63) is 23.8 Å². The van der Waals surface area contributed by atoms with E-state index in [1.165, 1.54) is 5.56 Å². The summed E-state index contributed by atoms with van der Waals surface area (Å²) < 4.78 is 5.59. The number of amides is 1. The van der Waals surface area contributed by atoms with Crippen molar-refractivity contribution in [2.75, 3.05) is 18.1 Å². The molecule has 3 N–H and O–H groups in total. The summed E-state index contributed by atoms with van der Waals surface area (Å²) >= 11 is 0. The molecule has 5 heteroatoms. The van der Waals surface area contributed by atoms with Gasteiger partial charge in [-0.05, 0) is 56.9 Å². The van der Waals surface area contributed by atoms with Gasteiger partial charge in [0.05, 0.1) is 13.2 Å². The van der Waals surface area contributed by atoms with Crippen LogP contribution in [0.1, 0.15) is 45.6 Å². The van der Waals surface area contributed by atoms with Gasteiger partial charge < -0.3 is 9.64 Å². The highest BCUT2D eigenvalue weighted by Gasteiger charge is 2.37. The highest BCUT2D eigenvalue weighted by atomic mass is 16.5. The van der Waals surface area contributed by atoms with Crippen molar-refractivity contribution in [3.63, 3.8) is 0 Å². The van der Waals surface area contributed by atoms with E-state index in [2.05, 4.69) is 37.2 Å². The number of benzene rings is 1. The van der Waals surface area contributed by atoms with Crippen LogP contribution in [0.25, 0.3) is 0 Å². The first-order chi connectivity index (χ1) is 9.89. The Kier molecular flexibility index (Phi) is 4.42. The van der Waals surface area contributed by atoms with Gasteiger partial charge in [-0.1, -0.05) is 6.92 Å². The van der Waals surface area contributed by atoms with E-state index in [9.17, 15) is 4.79 Å². The third-order valence-electron chi connectivity index (χ3n) is 4.13. The Bertz CT molecular complexity index is 528. The molecule has 116 valence electrons. The van der Waals surface area contributed by atoms with Crippen molar-refractivity contribution < 1.29 is 9.53 Å². The number of nitrogens with zero attached hydrogens (tertiary/aromatic N) is 1. The first-order valence-corrected chi connectivity index (χ1v) is 7.43. The molecule has 2 rings (SSSR count). The molecule has 0 saturated heterocycles.